The molecule has 29 heavy (non-hydrogen) atoms. The van der Waals surface area contributed by atoms with Crippen LogP contribution < -0.4 is 4.74 Å². The summed E-state index contributed by atoms with van der Waals surface area (Å²) in [6, 6.07) is 15.0. The molecule has 1 saturated carbocycles. The summed E-state index contributed by atoms with van der Waals surface area (Å²) in [6.45, 7) is 4.63. The minimum Gasteiger partial charge on any atom is -0.486 e. The van der Waals surface area contributed by atoms with E-state index in [1.807, 2.05) is 55.6 Å². The molecule has 0 spiro atoms. The number of para-hydroxylation sites is 1. The zero-order chi connectivity index (χ0) is 20.4. The van der Waals surface area contributed by atoms with Gasteiger partial charge < -0.3 is 4.74 Å². The lowest BCUT2D eigenvalue weighted by Gasteiger charge is -2.21. The van der Waals surface area contributed by atoms with Crippen LogP contribution in [0.15, 0.2) is 58.8 Å². The first-order chi connectivity index (χ1) is 13.9. The number of aromatic nitrogens is 1. The van der Waals surface area contributed by atoms with Crippen LogP contribution in [0.4, 0.5) is 0 Å². The second-order valence-corrected chi connectivity index (χ2v) is 10.2. The maximum Gasteiger partial charge on any atom is 0.243 e. The van der Waals surface area contributed by atoms with Gasteiger partial charge in [0.1, 0.15) is 17.4 Å². The average molecular weight is 429 g/mol. The molecular weight excluding hydrogens is 404 g/mol. The molecule has 0 unspecified atom stereocenters. The molecule has 3 aromatic rings. The van der Waals surface area contributed by atoms with Crippen LogP contribution in [0.25, 0.3) is 0 Å². The van der Waals surface area contributed by atoms with Gasteiger partial charge in [-0.25, -0.2) is 13.4 Å². The van der Waals surface area contributed by atoms with Gasteiger partial charge in [-0.05, 0) is 50.5 Å². The average Bonchev–Trinajstić information content (AvgIpc) is 3.44. The van der Waals surface area contributed by atoms with E-state index in [2.05, 4.69) is 4.98 Å². The second-order valence-electron chi connectivity index (χ2n) is 7.38. The Bertz CT molecular complexity index is 1090. The molecule has 5 nitrogen and oxygen atoms in total. The Morgan fingerprint density at radius 2 is 1.83 bits per heavy atom. The van der Waals surface area contributed by atoms with E-state index in [1.165, 1.54) is 11.3 Å². The zero-order valence-corrected chi connectivity index (χ0v) is 18.2. The van der Waals surface area contributed by atoms with E-state index in [4.69, 9.17) is 4.74 Å². The normalized spacial score (nSPS) is 14.3. The highest BCUT2D eigenvalue weighted by Gasteiger charge is 2.38. The number of nitrogens with zero attached hydrogens (tertiary/aromatic N) is 2. The van der Waals surface area contributed by atoms with Gasteiger partial charge in [-0.1, -0.05) is 35.9 Å². The molecule has 0 aliphatic heterocycles. The van der Waals surface area contributed by atoms with Crippen molar-refractivity contribution in [3.8, 4) is 5.75 Å². The smallest absolute Gasteiger partial charge is 0.243 e. The Hall–Kier alpha value is -2.22. The summed E-state index contributed by atoms with van der Waals surface area (Å²) in [4.78, 5) is 4.95. The lowest BCUT2D eigenvalue weighted by Crippen LogP contribution is -2.32. The molecule has 0 atom stereocenters. The number of ether oxygens (including phenoxy) is 1. The Morgan fingerprint density at radius 3 is 2.52 bits per heavy atom. The molecule has 0 saturated heterocycles. The van der Waals surface area contributed by atoms with Gasteiger partial charge >= 0.3 is 0 Å². The number of rotatable bonds is 8. The summed E-state index contributed by atoms with van der Waals surface area (Å²) in [5.74, 6) is 0.839. The van der Waals surface area contributed by atoms with E-state index >= 15 is 0 Å². The van der Waals surface area contributed by atoms with Crippen LogP contribution >= 0.6 is 11.3 Å². The topological polar surface area (TPSA) is 59.5 Å². The number of hydrogen-bond acceptors (Lipinski definition) is 5. The fraction of sp³-hybridized carbons (Fsp3) is 0.318. The Kier molecular flexibility index (Phi) is 5.72. The SMILES string of the molecule is Cc1ccc(S(=O)(=O)N(Cc2csc(COc3ccccc3C)n2)C2CC2)cc1. The van der Waals surface area contributed by atoms with E-state index in [1.54, 1.807) is 16.4 Å². The van der Waals surface area contributed by atoms with Gasteiger partial charge in [0, 0.05) is 11.4 Å². The van der Waals surface area contributed by atoms with Crippen LogP contribution in [-0.4, -0.2) is 23.7 Å². The molecule has 1 heterocycles. The van der Waals surface area contributed by atoms with Crippen molar-refractivity contribution in [3.63, 3.8) is 0 Å². The van der Waals surface area contributed by atoms with Crippen LogP contribution in [0.3, 0.4) is 0 Å². The Morgan fingerprint density at radius 1 is 1.10 bits per heavy atom. The highest BCUT2D eigenvalue weighted by molar-refractivity contribution is 7.89. The molecular formula is C22H24N2O3S2. The minimum absolute atomic E-state index is 0.0645. The minimum atomic E-state index is -3.54. The van der Waals surface area contributed by atoms with E-state index in [0.717, 1.165) is 40.4 Å². The summed E-state index contributed by atoms with van der Waals surface area (Å²) in [6.07, 6.45) is 1.80. The van der Waals surface area contributed by atoms with Gasteiger partial charge in [-0.3, -0.25) is 0 Å². The standard InChI is InChI=1S/C22H24N2O3S2/c1-16-7-11-20(12-8-16)29(25,26)24(19-9-10-19)13-18-15-28-22(23-18)14-27-21-6-4-3-5-17(21)2/h3-8,11-12,15,19H,9-10,13-14H2,1-2H3. The van der Waals surface area contributed by atoms with E-state index < -0.39 is 10.0 Å². The first-order valence-corrected chi connectivity index (χ1v) is 12.0. The molecule has 0 bridgehead atoms. The summed E-state index contributed by atoms with van der Waals surface area (Å²) < 4.78 is 33.8. The fourth-order valence-electron chi connectivity index (χ4n) is 3.12. The van der Waals surface area contributed by atoms with Gasteiger partial charge in [-0.15, -0.1) is 11.3 Å². The van der Waals surface area contributed by atoms with E-state index in [-0.39, 0.29) is 6.04 Å². The van der Waals surface area contributed by atoms with Crippen LogP contribution in [0.2, 0.25) is 0 Å². The third-order valence-electron chi connectivity index (χ3n) is 4.94. The maximum absolute atomic E-state index is 13.2. The van der Waals surface area contributed by atoms with E-state index in [9.17, 15) is 8.42 Å². The number of aryl methyl sites for hydroxylation is 2. The van der Waals surface area contributed by atoms with Gasteiger partial charge in [0.25, 0.3) is 0 Å². The second kappa shape index (κ2) is 8.26. The molecule has 0 N–H and O–H groups in total. The van der Waals surface area contributed by atoms with Crippen LogP contribution in [0.5, 0.6) is 5.75 Å². The zero-order valence-electron chi connectivity index (χ0n) is 16.5. The molecule has 152 valence electrons. The maximum atomic E-state index is 13.2. The summed E-state index contributed by atoms with van der Waals surface area (Å²) >= 11 is 1.50. The van der Waals surface area contributed by atoms with Crippen molar-refractivity contribution in [2.75, 3.05) is 0 Å². The molecule has 2 aromatic carbocycles. The molecule has 1 aromatic heterocycles. The molecule has 1 aliphatic carbocycles. The molecule has 4 rings (SSSR count). The number of hydrogen-bond donors (Lipinski definition) is 0. The summed E-state index contributed by atoms with van der Waals surface area (Å²) in [5, 5.41) is 2.77. The van der Waals surface area contributed by atoms with Crippen molar-refractivity contribution in [3.05, 3.63) is 75.7 Å². The molecule has 1 fully saturated rings. The first kappa shape index (κ1) is 20.1. The molecule has 0 amide bonds. The lowest BCUT2D eigenvalue weighted by atomic mass is 10.2. The van der Waals surface area contributed by atoms with Crippen molar-refractivity contribution >= 4 is 21.4 Å². The van der Waals surface area contributed by atoms with Crippen LogP contribution in [-0.2, 0) is 23.2 Å². The van der Waals surface area contributed by atoms with Crippen LogP contribution in [0.1, 0.15) is 34.7 Å². The lowest BCUT2D eigenvalue weighted by molar-refractivity contribution is 0.302. The first-order valence-electron chi connectivity index (χ1n) is 9.64. The highest BCUT2D eigenvalue weighted by atomic mass is 32.2. The van der Waals surface area contributed by atoms with Crippen molar-refractivity contribution in [1.82, 2.24) is 9.29 Å². The summed E-state index contributed by atoms with van der Waals surface area (Å²) in [7, 11) is -3.54. The molecule has 1 aliphatic rings. The largest absolute Gasteiger partial charge is 0.486 e. The third kappa shape index (κ3) is 4.69. The number of sulfonamides is 1. The monoisotopic (exact) mass is 428 g/mol. The predicted octanol–water partition coefficient (Wildman–Crippen LogP) is 4.69. The van der Waals surface area contributed by atoms with Gasteiger partial charge in [0.05, 0.1) is 17.1 Å². The van der Waals surface area contributed by atoms with Crippen LogP contribution in [0, 0.1) is 13.8 Å². The highest BCUT2D eigenvalue weighted by Crippen LogP contribution is 2.34. The predicted molar refractivity (Wildman–Crippen MR) is 115 cm³/mol. The molecule has 0 radical (unpaired) electrons. The number of thiazole rings is 1. The summed E-state index contributed by atoms with van der Waals surface area (Å²) in [5.41, 5.74) is 2.88. The van der Waals surface area contributed by atoms with Gasteiger partial charge in [-0.2, -0.15) is 4.31 Å². The van der Waals surface area contributed by atoms with Crippen molar-refractivity contribution in [1.29, 1.82) is 0 Å². The Balaban J connectivity index is 1.47. The third-order valence-corrected chi connectivity index (χ3v) is 7.73. The van der Waals surface area contributed by atoms with Crippen molar-refractivity contribution in [2.45, 2.75) is 50.8 Å². The quantitative estimate of drug-likeness (QED) is 0.522. The van der Waals surface area contributed by atoms with E-state index in [0.29, 0.717) is 18.0 Å². The fourth-order valence-corrected chi connectivity index (χ4v) is 5.48. The molecule has 7 heteroatoms. The van der Waals surface area contributed by atoms with Crippen molar-refractivity contribution in [2.24, 2.45) is 0 Å². The number of benzene rings is 2. The Labute approximate surface area is 176 Å². The van der Waals surface area contributed by atoms with Gasteiger partial charge in [0.2, 0.25) is 10.0 Å². The van der Waals surface area contributed by atoms with Gasteiger partial charge in [0.15, 0.2) is 0 Å². The van der Waals surface area contributed by atoms with Crippen molar-refractivity contribution < 1.29 is 13.2 Å².